The van der Waals surface area contributed by atoms with Crippen molar-refractivity contribution in [2.75, 3.05) is 13.1 Å². The lowest BCUT2D eigenvalue weighted by atomic mass is 9.89. The minimum Gasteiger partial charge on any atom is -0.351 e. The van der Waals surface area contributed by atoms with Gasteiger partial charge in [0.2, 0.25) is 0 Å². The molecule has 0 atom stereocenters. The molecule has 61 heavy (non-hydrogen) atoms. The normalized spacial score (nSPS) is 16.2. The third-order valence-corrected chi connectivity index (χ3v) is 7.44. The standard InChI is InChI=1S/C23H12F34N2O2/c24-8(25,10(28,29)12(32,33)14(36,37)16(40,41)18(44,45)20(48,49)22(52,53)54)6(60)58-4-2-1-3-5-59-7(61)9(26,27)11(30,31)13(34,35)15(38,39)17(42,43)19(46,47)21(50,51)23(55,56)57/h1-5H2,(H,58,60)(H,59,61). The molecule has 2 N–H and O–H groups in total. The van der Waals surface area contributed by atoms with E-state index in [4.69, 9.17) is 0 Å². The van der Waals surface area contributed by atoms with Crippen molar-refractivity contribution in [3.63, 3.8) is 0 Å². The van der Waals surface area contributed by atoms with Crippen LogP contribution < -0.4 is 10.6 Å². The number of carbonyl (C=O) groups is 2. The molecular weight excluding hydrogens is 982 g/mol. The van der Waals surface area contributed by atoms with Crippen LogP contribution in [0.4, 0.5) is 149 Å². The second-order valence-corrected chi connectivity index (χ2v) is 11.6. The van der Waals surface area contributed by atoms with Crippen molar-refractivity contribution in [3.8, 4) is 0 Å². The molecule has 2 amide bonds. The molecule has 0 rings (SSSR count). The fourth-order valence-corrected chi connectivity index (χ4v) is 3.67. The maximum atomic E-state index is 13.9. The third kappa shape index (κ3) is 8.06. The minimum atomic E-state index is -9.07. The van der Waals surface area contributed by atoms with Crippen LogP contribution >= 0.6 is 0 Å². The van der Waals surface area contributed by atoms with Crippen molar-refractivity contribution in [2.24, 2.45) is 0 Å². The lowest BCUT2D eigenvalue weighted by Gasteiger charge is -2.42. The highest BCUT2D eigenvalue weighted by molar-refractivity contribution is 5.85. The molecule has 0 bridgehead atoms. The first-order valence-electron chi connectivity index (χ1n) is 14.0. The molecule has 0 saturated carbocycles. The molecule has 0 aromatic heterocycles. The van der Waals surface area contributed by atoms with Gasteiger partial charge in [0.05, 0.1) is 0 Å². The predicted octanol–water partition coefficient (Wildman–Crippen LogP) is 10.4. The van der Waals surface area contributed by atoms with Crippen LogP contribution in [0.5, 0.6) is 0 Å². The molecular formula is C23H12F34N2O2. The summed E-state index contributed by atoms with van der Waals surface area (Å²) < 4.78 is 451. The Labute approximate surface area is 310 Å². The average Bonchev–Trinajstić information content (AvgIpc) is 3.05. The largest absolute Gasteiger partial charge is 0.460 e. The number of amides is 2. The smallest absolute Gasteiger partial charge is 0.351 e. The van der Waals surface area contributed by atoms with Gasteiger partial charge in [0, 0.05) is 13.1 Å². The van der Waals surface area contributed by atoms with Gasteiger partial charge in [-0.15, -0.1) is 0 Å². The average molecular weight is 994 g/mol. The Hall–Kier alpha value is -3.44. The summed E-state index contributed by atoms with van der Waals surface area (Å²) in [6.45, 7) is -3.62. The number of alkyl halides is 34. The molecule has 364 valence electrons. The molecule has 0 aromatic rings. The Balaban J connectivity index is 5.93. The van der Waals surface area contributed by atoms with Crippen molar-refractivity contribution in [3.05, 3.63) is 0 Å². The summed E-state index contributed by atoms with van der Waals surface area (Å²) in [5.74, 6) is -129. The number of rotatable bonds is 20. The van der Waals surface area contributed by atoms with Crippen molar-refractivity contribution < 1.29 is 159 Å². The number of unbranched alkanes of at least 4 members (excludes halogenated alkanes) is 2. The number of halogens is 34. The Kier molecular flexibility index (Phi) is 14.8. The van der Waals surface area contributed by atoms with Gasteiger partial charge in [0.1, 0.15) is 0 Å². The highest BCUT2D eigenvalue weighted by Crippen LogP contribution is 2.66. The molecule has 0 heterocycles. The zero-order valence-corrected chi connectivity index (χ0v) is 27.2. The lowest BCUT2D eigenvalue weighted by molar-refractivity contribution is -0.459. The predicted molar refractivity (Wildman–Crippen MR) is 121 cm³/mol. The lowest BCUT2D eigenvalue weighted by Crippen LogP contribution is -2.75. The molecule has 0 spiro atoms. The zero-order valence-electron chi connectivity index (χ0n) is 27.2. The summed E-state index contributed by atoms with van der Waals surface area (Å²) in [5, 5.41) is 0.688. The van der Waals surface area contributed by atoms with Crippen LogP contribution in [0.3, 0.4) is 0 Å². The summed E-state index contributed by atoms with van der Waals surface area (Å²) in [5.41, 5.74) is 0. The summed E-state index contributed by atoms with van der Waals surface area (Å²) >= 11 is 0. The first-order chi connectivity index (χ1) is 26.0. The van der Waals surface area contributed by atoms with E-state index in [1.165, 1.54) is 0 Å². The highest BCUT2D eigenvalue weighted by Gasteiger charge is 2.97. The Morgan fingerprint density at radius 2 is 0.410 bits per heavy atom. The van der Waals surface area contributed by atoms with Gasteiger partial charge in [-0.1, -0.05) is 0 Å². The molecule has 4 nitrogen and oxygen atoms in total. The Bertz CT molecular complexity index is 1460. The summed E-state index contributed by atoms with van der Waals surface area (Å²) in [4.78, 5) is 22.7. The number of carbonyl (C=O) groups excluding carboxylic acids is 2. The molecule has 0 aliphatic rings. The fourth-order valence-electron chi connectivity index (χ4n) is 3.67. The fraction of sp³-hybridized carbons (Fsp3) is 0.913. The van der Waals surface area contributed by atoms with Crippen molar-refractivity contribution in [2.45, 2.75) is 115 Å². The number of hydrogen-bond donors (Lipinski definition) is 2. The van der Waals surface area contributed by atoms with Gasteiger partial charge in [-0.05, 0) is 19.3 Å². The second kappa shape index (κ2) is 15.7. The van der Waals surface area contributed by atoms with E-state index in [9.17, 15) is 159 Å². The van der Waals surface area contributed by atoms with E-state index in [0.29, 0.717) is 10.6 Å². The van der Waals surface area contributed by atoms with E-state index in [1.54, 1.807) is 0 Å². The van der Waals surface area contributed by atoms with E-state index in [0.717, 1.165) is 0 Å². The molecule has 0 saturated heterocycles. The van der Waals surface area contributed by atoms with Gasteiger partial charge in [0.15, 0.2) is 0 Å². The molecule has 0 radical (unpaired) electrons. The first-order valence-corrected chi connectivity index (χ1v) is 14.0. The molecule has 0 aliphatic heterocycles. The molecule has 0 aliphatic carbocycles. The number of nitrogens with one attached hydrogen (secondary N) is 2. The maximum Gasteiger partial charge on any atom is 0.460 e. The molecule has 0 unspecified atom stereocenters. The Morgan fingerprint density at radius 1 is 0.246 bits per heavy atom. The van der Waals surface area contributed by atoms with Crippen molar-refractivity contribution in [1.82, 2.24) is 10.6 Å². The van der Waals surface area contributed by atoms with Crippen LogP contribution in [0.1, 0.15) is 19.3 Å². The van der Waals surface area contributed by atoms with Crippen LogP contribution in [-0.2, 0) is 9.59 Å². The van der Waals surface area contributed by atoms with Crippen LogP contribution in [-0.4, -0.2) is 120 Å². The SMILES string of the molecule is O=C(NCCCCCNC(=O)C(F)(F)C(F)(F)C(F)(F)C(F)(F)C(F)(F)C(F)(F)C(F)(F)C(F)(F)F)C(F)(F)C(F)(F)C(F)(F)C(F)(F)C(F)(F)C(F)(F)C(F)(F)C(F)(F)F. The van der Waals surface area contributed by atoms with E-state index >= 15 is 0 Å². The van der Waals surface area contributed by atoms with Crippen molar-refractivity contribution in [1.29, 1.82) is 0 Å². The minimum absolute atomic E-state index is 0.344. The quantitative estimate of drug-likeness (QED) is 0.0943. The van der Waals surface area contributed by atoms with E-state index in [-0.39, 0.29) is 0 Å². The van der Waals surface area contributed by atoms with Gasteiger partial charge in [0.25, 0.3) is 11.8 Å². The first kappa shape index (κ1) is 57.6. The molecule has 0 aromatic carbocycles. The van der Waals surface area contributed by atoms with Crippen LogP contribution in [0.25, 0.3) is 0 Å². The van der Waals surface area contributed by atoms with E-state index < -0.39 is 139 Å². The highest BCUT2D eigenvalue weighted by atomic mass is 19.4. The Morgan fingerprint density at radius 3 is 0.590 bits per heavy atom. The van der Waals surface area contributed by atoms with Gasteiger partial charge < -0.3 is 10.6 Å². The van der Waals surface area contributed by atoms with Crippen LogP contribution in [0, 0.1) is 0 Å². The molecule has 0 fully saturated rings. The van der Waals surface area contributed by atoms with E-state index in [1.807, 2.05) is 0 Å². The van der Waals surface area contributed by atoms with Gasteiger partial charge in [-0.2, -0.15) is 149 Å². The summed E-state index contributed by atoms with van der Waals surface area (Å²) in [6, 6.07) is 0. The summed E-state index contributed by atoms with van der Waals surface area (Å²) in [6.07, 6.45) is -19.9. The van der Waals surface area contributed by atoms with Crippen molar-refractivity contribution >= 4 is 11.8 Å². The van der Waals surface area contributed by atoms with Gasteiger partial charge in [-0.3, -0.25) is 9.59 Å². The number of hydrogen-bond acceptors (Lipinski definition) is 2. The van der Waals surface area contributed by atoms with Gasteiger partial charge >= 0.3 is 95.3 Å². The maximum absolute atomic E-state index is 13.9. The third-order valence-electron chi connectivity index (χ3n) is 7.44. The van der Waals surface area contributed by atoms with Gasteiger partial charge in [-0.25, -0.2) is 0 Å². The second-order valence-electron chi connectivity index (χ2n) is 11.6. The topological polar surface area (TPSA) is 58.2 Å². The van der Waals surface area contributed by atoms with Crippen LogP contribution in [0.15, 0.2) is 0 Å². The molecule has 38 heteroatoms. The monoisotopic (exact) mass is 994 g/mol. The zero-order chi connectivity index (χ0) is 50.1. The summed E-state index contributed by atoms with van der Waals surface area (Å²) in [7, 11) is 0. The van der Waals surface area contributed by atoms with E-state index in [2.05, 4.69) is 0 Å². The van der Waals surface area contributed by atoms with Crippen LogP contribution in [0.2, 0.25) is 0 Å².